The van der Waals surface area contributed by atoms with Crippen LogP contribution in [0.1, 0.15) is 25.7 Å². The van der Waals surface area contributed by atoms with E-state index in [1.807, 2.05) is 0 Å². The van der Waals surface area contributed by atoms with Crippen molar-refractivity contribution in [1.82, 2.24) is 5.32 Å². The van der Waals surface area contributed by atoms with Crippen molar-refractivity contribution in [2.45, 2.75) is 37.8 Å². The monoisotopic (exact) mass is 236 g/mol. The molecule has 1 aliphatic heterocycles. The van der Waals surface area contributed by atoms with Crippen molar-refractivity contribution in [2.75, 3.05) is 0 Å². The van der Waals surface area contributed by atoms with Crippen LogP contribution in [-0.2, 0) is 4.79 Å². The van der Waals surface area contributed by atoms with Crippen LogP contribution in [0.4, 0.5) is 0 Å². The van der Waals surface area contributed by atoms with Crippen LogP contribution in [0.2, 0.25) is 0 Å². The Hall–Kier alpha value is -1.39. The largest absolute Gasteiger partial charge is 0.346 e. The zero-order chi connectivity index (χ0) is 12.0. The van der Waals surface area contributed by atoms with Crippen molar-refractivity contribution in [3.63, 3.8) is 0 Å². The third-order valence-corrected chi connectivity index (χ3v) is 4.47. The van der Waals surface area contributed by atoms with Gasteiger partial charge in [0.05, 0.1) is 6.04 Å². The molecule has 5 unspecified atom stereocenters. The number of allylic oxidation sites excluding steroid dienone is 2. The molecule has 0 aromatic heterocycles. The van der Waals surface area contributed by atoms with Gasteiger partial charge in [-0.25, -0.2) is 0 Å². The van der Waals surface area contributed by atoms with Gasteiger partial charge in [-0.15, -0.1) is 0 Å². The number of nitrogens with zero attached hydrogens (tertiary/aromatic N) is 1. The molecule has 1 saturated carbocycles. The number of piperidine rings is 1. The van der Waals surface area contributed by atoms with E-state index >= 15 is 0 Å². The van der Waals surface area contributed by atoms with Crippen LogP contribution in [0.5, 0.6) is 0 Å². The lowest BCUT2D eigenvalue weighted by molar-refractivity contribution is -0.530. The zero-order valence-electron chi connectivity index (χ0n) is 9.54. The summed E-state index contributed by atoms with van der Waals surface area (Å²) in [5.41, 5.74) is 0. The van der Waals surface area contributed by atoms with E-state index in [0.29, 0.717) is 24.7 Å². The molecule has 3 aliphatic rings. The van der Waals surface area contributed by atoms with Crippen LogP contribution >= 0.6 is 0 Å². The van der Waals surface area contributed by atoms with E-state index in [-0.39, 0.29) is 22.8 Å². The fourth-order valence-corrected chi connectivity index (χ4v) is 3.68. The van der Waals surface area contributed by atoms with E-state index < -0.39 is 6.04 Å². The van der Waals surface area contributed by atoms with Gasteiger partial charge >= 0.3 is 0 Å². The molecule has 2 fully saturated rings. The summed E-state index contributed by atoms with van der Waals surface area (Å²) < 4.78 is 0. The number of rotatable bonds is 2. The summed E-state index contributed by atoms with van der Waals surface area (Å²) >= 11 is 0. The van der Waals surface area contributed by atoms with E-state index in [1.54, 1.807) is 0 Å². The lowest BCUT2D eigenvalue weighted by Gasteiger charge is -2.33. The van der Waals surface area contributed by atoms with Crippen LogP contribution in [0.15, 0.2) is 12.2 Å². The number of nitrogens with one attached hydrogen (secondary N) is 1. The van der Waals surface area contributed by atoms with Crippen molar-refractivity contribution >= 4 is 5.91 Å². The van der Waals surface area contributed by atoms with Gasteiger partial charge in [0, 0.05) is 17.8 Å². The Morgan fingerprint density at radius 1 is 1.35 bits per heavy atom. The molecule has 5 heteroatoms. The highest BCUT2D eigenvalue weighted by molar-refractivity contribution is 5.77. The minimum atomic E-state index is -0.592. The summed E-state index contributed by atoms with van der Waals surface area (Å²) in [6.07, 6.45) is 7.18. The first kappa shape index (κ1) is 10.7. The van der Waals surface area contributed by atoms with Crippen LogP contribution in [0.25, 0.3) is 0 Å². The Bertz CT molecular complexity index is 393. The molecule has 1 heterocycles. The normalized spacial score (nSPS) is 43.8. The van der Waals surface area contributed by atoms with Gasteiger partial charge in [0.1, 0.15) is 0 Å². The predicted molar refractivity (Wildman–Crippen MR) is 60.8 cm³/mol. The molecule has 92 valence electrons. The number of fused-ring (bicyclic) bond motifs is 2. The first-order valence-electron chi connectivity index (χ1n) is 6.26. The van der Waals surface area contributed by atoms with Gasteiger partial charge in [0.2, 0.25) is 11.9 Å². The Morgan fingerprint density at radius 2 is 2.18 bits per heavy atom. The second-order valence-corrected chi connectivity index (χ2v) is 5.43. The fourth-order valence-electron chi connectivity index (χ4n) is 3.68. The van der Waals surface area contributed by atoms with E-state index in [0.717, 1.165) is 12.8 Å². The maximum atomic E-state index is 11.5. The van der Waals surface area contributed by atoms with E-state index in [9.17, 15) is 14.9 Å². The highest BCUT2D eigenvalue weighted by Gasteiger charge is 2.48. The Kier molecular flexibility index (Phi) is 2.42. The molecule has 2 aliphatic carbocycles. The standard InChI is InChI=1S/C12H16N2O3/c15-11-4-3-10(14(16)17)12(13-11)9-6-7-1-2-8(9)5-7/h1-2,7-10,12H,3-6H2,(H,13,15). The Morgan fingerprint density at radius 3 is 2.76 bits per heavy atom. The molecule has 0 aromatic carbocycles. The maximum absolute atomic E-state index is 11.5. The van der Waals surface area contributed by atoms with Crippen molar-refractivity contribution in [2.24, 2.45) is 17.8 Å². The van der Waals surface area contributed by atoms with Gasteiger partial charge in [-0.3, -0.25) is 14.9 Å². The van der Waals surface area contributed by atoms with Gasteiger partial charge < -0.3 is 5.32 Å². The van der Waals surface area contributed by atoms with E-state index in [4.69, 9.17) is 0 Å². The minimum absolute atomic E-state index is 0.0279. The predicted octanol–water partition coefficient (Wildman–Crippen LogP) is 1.12. The van der Waals surface area contributed by atoms with Gasteiger partial charge in [0.25, 0.3) is 0 Å². The first-order chi connectivity index (χ1) is 8.15. The number of nitro groups is 1. The molecule has 1 N–H and O–H groups in total. The molecular formula is C12H16N2O3. The molecule has 17 heavy (non-hydrogen) atoms. The summed E-state index contributed by atoms with van der Waals surface area (Å²) in [6.45, 7) is 0. The molecular weight excluding hydrogens is 220 g/mol. The smallest absolute Gasteiger partial charge is 0.233 e. The van der Waals surface area contributed by atoms with E-state index in [1.165, 1.54) is 0 Å². The van der Waals surface area contributed by atoms with Crippen molar-refractivity contribution in [1.29, 1.82) is 0 Å². The Balaban J connectivity index is 1.80. The fraction of sp³-hybridized carbons (Fsp3) is 0.750. The maximum Gasteiger partial charge on any atom is 0.233 e. The minimum Gasteiger partial charge on any atom is -0.346 e. The molecule has 0 spiro atoms. The average Bonchev–Trinajstić information content (AvgIpc) is 2.90. The number of carbonyl (C=O) groups excluding carboxylic acids is 1. The molecule has 1 saturated heterocycles. The molecule has 5 atom stereocenters. The van der Waals surface area contributed by atoms with E-state index in [2.05, 4.69) is 17.5 Å². The number of hydrogen-bond donors (Lipinski definition) is 1. The number of amides is 1. The summed E-state index contributed by atoms with van der Waals surface area (Å²) in [5.74, 6) is 1.26. The topological polar surface area (TPSA) is 72.2 Å². The van der Waals surface area contributed by atoms with Gasteiger partial charge in [-0.1, -0.05) is 12.2 Å². The summed E-state index contributed by atoms with van der Waals surface area (Å²) in [6, 6.07) is -0.850. The average molecular weight is 236 g/mol. The van der Waals surface area contributed by atoms with Crippen LogP contribution in [0.3, 0.4) is 0 Å². The number of carbonyl (C=O) groups is 1. The van der Waals surface area contributed by atoms with Gasteiger partial charge in [-0.2, -0.15) is 0 Å². The van der Waals surface area contributed by atoms with Crippen LogP contribution < -0.4 is 5.32 Å². The summed E-state index contributed by atoms with van der Waals surface area (Å²) in [4.78, 5) is 22.3. The SMILES string of the molecule is O=C1CCC([N+](=O)[O-])C(C2CC3C=CC2C3)N1. The quantitative estimate of drug-likeness (QED) is 0.443. The molecule has 3 rings (SSSR count). The van der Waals surface area contributed by atoms with Crippen molar-refractivity contribution in [3.05, 3.63) is 22.3 Å². The molecule has 5 nitrogen and oxygen atoms in total. The zero-order valence-corrected chi connectivity index (χ0v) is 9.54. The first-order valence-corrected chi connectivity index (χ1v) is 6.26. The second-order valence-electron chi connectivity index (χ2n) is 5.43. The van der Waals surface area contributed by atoms with Crippen molar-refractivity contribution in [3.8, 4) is 0 Å². The molecule has 1 amide bonds. The highest BCUT2D eigenvalue weighted by Crippen LogP contribution is 2.46. The molecule has 2 bridgehead atoms. The number of hydrogen-bond acceptors (Lipinski definition) is 3. The summed E-state index contributed by atoms with van der Waals surface area (Å²) in [7, 11) is 0. The Labute approximate surface area is 99.4 Å². The van der Waals surface area contributed by atoms with Gasteiger partial charge in [0.15, 0.2) is 0 Å². The second kappa shape index (κ2) is 3.82. The van der Waals surface area contributed by atoms with Crippen LogP contribution in [0, 0.1) is 27.9 Å². The van der Waals surface area contributed by atoms with Gasteiger partial charge in [-0.05, 0) is 30.6 Å². The van der Waals surface area contributed by atoms with Crippen molar-refractivity contribution < 1.29 is 9.72 Å². The third-order valence-electron chi connectivity index (χ3n) is 4.47. The molecule has 0 radical (unpaired) electrons. The van der Waals surface area contributed by atoms with Crippen LogP contribution in [-0.4, -0.2) is 22.9 Å². The highest BCUT2D eigenvalue weighted by atomic mass is 16.6. The molecule has 0 aromatic rings. The third kappa shape index (κ3) is 1.73. The lowest BCUT2D eigenvalue weighted by Crippen LogP contribution is -2.55. The lowest BCUT2D eigenvalue weighted by atomic mass is 9.80. The summed E-state index contributed by atoms with van der Waals surface area (Å²) in [5, 5.41) is 13.9.